The van der Waals surface area contributed by atoms with Gasteiger partial charge < -0.3 is 14.9 Å². The topological polar surface area (TPSA) is 96.7 Å². The number of aliphatic carboxylic acids is 2. The van der Waals surface area contributed by atoms with E-state index in [0.717, 1.165) is 12.8 Å². The zero-order valence-corrected chi connectivity index (χ0v) is 21.6. The number of ether oxygens (including phenoxy) is 1. The average molecular weight is 530 g/mol. The fourth-order valence-corrected chi connectivity index (χ4v) is 5.75. The lowest BCUT2D eigenvalue weighted by molar-refractivity contribution is -0.147. The molecule has 1 aromatic heterocycles. The summed E-state index contributed by atoms with van der Waals surface area (Å²) in [5.74, 6) is -2.41. The molecule has 2 atom stereocenters. The SMILES string of the molecule is CC1=C(C(=O)O)C(c2cncc(OCC3CCCCC3)c2)C(Cc2cc(Cl)ccc2Cl)(C(=O)O)C=C1. The molecule has 2 aromatic rings. The summed E-state index contributed by atoms with van der Waals surface area (Å²) in [5, 5.41) is 21.5. The van der Waals surface area contributed by atoms with Gasteiger partial charge in [-0.2, -0.15) is 0 Å². The number of pyridine rings is 1. The molecule has 6 nitrogen and oxygen atoms in total. The third-order valence-corrected chi connectivity index (χ3v) is 7.86. The van der Waals surface area contributed by atoms with Gasteiger partial charge in [-0.25, -0.2) is 4.79 Å². The van der Waals surface area contributed by atoms with Crippen LogP contribution < -0.4 is 4.74 Å². The highest BCUT2D eigenvalue weighted by atomic mass is 35.5. The predicted octanol–water partition coefficient (Wildman–Crippen LogP) is 6.72. The standard InChI is InChI=1S/C28H29Cl2NO5/c1-17-9-10-28(27(34)35,13-19-11-21(29)7-8-23(19)30)25(24(17)26(32)33)20-12-22(15-31-14-20)36-16-18-5-3-2-4-6-18/h7-12,14-15,18,25H,2-6,13,16H2,1H3,(H,32,33)(H,34,35). The van der Waals surface area contributed by atoms with E-state index in [4.69, 9.17) is 27.9 Å². The number of aromatic nitrogens is 1. The molecule has 8 heteroatoms. The number of carbonyl (C=O) groups is 2. The van der Waals surface area contributed by atoms with Gasteiger partial charge in [-0.3, -0.25) is 9.78 Å². The van der Waals surface area contributed by atoms with Gasteiger partial charge in [0.15, 0.2) is 0 Å². The van der Waals surface area contributed by atoms with Gasteiger partial charge in [0.25, 0.3) is 0 Å². The van der Waals surface area contributed by atoms with E-state index in [-0.39, 0.29) is 12.0 Å². The number of nitrogens with zero attached hydrogens (tertiary/aromatic N) is 1. The van der Waals surface area contributed by atoms with Crippen molar-refractivity contribution in [1.82, 2.24) is 4.98 Å². The van der Waals surface area contributed by atoms with Crippen molar-refractivity contribution < 1.29 is 24.5 Å². The van der Waals surface area contributed by atoms with E-state index < -0.39 is 23.3 Å². The van der Waals surface area contributed by atoms with E-state index in [1.165, 1.54) is 25.5 Å². The molecule has 36 heavy (non-hydrogen) atoms. The third kappa shape index (κ3) is 5.45. The maximum absolute atomic E-state index is 13.0. The summed E-state index contributed by atoms with van der Waals surface area (Å²) in [7, 11) is 0. The van der Waals surface area contributed by atoms with E-state index in [0.29, 0.717) is 45.0 Å². The lowest BCUT2D eigenvalue weighted by Crippen LogP contribution is -2.42. The van der Waals surface area contributed by atoms with E-state index in [2.05, 4.69) is 4.98 Å². The molecule has 0 radical (unpaired) electrons. The minimum atomic E-state index is -1.63. The maximum atomic E-state index is 13.0. The molecule has 0 bridgehead atoms. The summed E-state index contributed by atoms with van der Waals surface area (Å²) in [6, 6.07) is 6.57. The van der Waals surface area contributed by atoms with Crippen molar-refractivity contribution in [3.8, 4) is 5.75 Å². The molecule has 0 amide bonds. The van der Waals surface area contributed by atoms with Crippen LogP contribution in [0.3, 0.4) is 0 Å². The molecule has 0 saturated heterocycles. The van der Waals surface area contributed by atoms with Gasteiger partial charge in [0.05, 0.1) is 12.8 Å². The maximum Gasteiger partial charge on any atom is 0.332 e. The lowest BCUT2D eigenvalue weighted by atomic mass is 9.62. The zero-order valence-electron chi connectivity index (χ0n) is 20.0. The quantitative estimate of drug-likeness (QED) is 0.394. The number of benzene rings is 1. The van der Waals surface area contributed by atoms with E-state index in [9.17, 15) is 19.8 Å². The van der Waals surface area contributed by atoms with Crippen LogP contribution in [0.15, 0.2) is 60.0 Å². The largest absolute Gasteiger partial charge is 0.492 e. The molecule has 190 valence electrons. The minimum absolute atomic E-state index is 0.00396. The number of hydrogen-bond donors (Lipinski definition) is 2. The van der Waals surface area contributed by atoms with Crippen molar-refractivity contribution in [2.75, 3.05) is 6.61 Å². The fourth-order valence-electron chi connectivity index (χ4n) is 5.37. The Bertz CT molecular complexity index is 1220. The van der Waals surface area contributed by atoms with Crippen molar-refractivity contribution >= 4 is 35.1 Å². The molecule has 1 fully saturated rings. The fraction of sp³-hybridized carbons (Fsp3) is 0.393. The molecule has 1 saturated carbocycles. The highest BCUT2D eigenvalue weighted by molar-refractivity contribution is 6.33. The van der Waals surface area contributed by atoms with Crippen LogP contribution in [0, 0.1) is 11.3 Å². The summed E-state index contributed by atoms with van der Waals surface area (Å²) in [5.41, 5.74) is -0.175. The Labute approximate surface area is 220 Å². The summed E-state index contributed by atoms with van der Waals surface area (Å²) in [6.07, 6.45) is 12.0. The Hall–Kier alpha value is -2.83. The van der Waals surface area contributed by atoms with Crippen molar-refractivity contribution in [2.45, 2.75) is 51.4 Å². The van der Waals surface area contributed by atoms with E-state index in [1.54, 1.807) is 49.5 Å². The minimum Gasteiger partial charge on any atom is -0.492 e. The Morgan fingerprint density at radius 1 is 1.11 bits per heavy atom. The number of allylic oxidation sites excluding steroid dienone is 2. The smallest absolute Gasteiger partial charge is 0.332 e. The van der Waals surface area contributed by atoms with Crippen molar-refractivity contribution in [1.29, 1.82) is 0 Å². The first-order chi connectivity index (χ1) is 17.2. The van der Waals surface area contributed by atoms with Crippen LogP contribution in [0.2, 0.25) is 10.0 Å². The Kier molecular flexibility index (Phi) is 8.06. The molecule has 2 aliphatic rings. The molecule has 0 aliphatic heterocycles. The average Bonchev–Trinajstić information content (AvgIpc) is 2.86. The van der Waals surface area contributed by atoms with Crippen LogP contribution >= 0.6 is 23.2 Å². The Balaban J connectivity index is 1.77. The summed E-state index contributed by atoms with van der Waals surface area (Å²) < 4.78 is 6.05. The molecule has 2 N–H and O–H groups in total. The molecule has 4 rings (SSSR count). The van der Waals surface area contributed by atoms with Crippen molar-refractivity contribution in [2.24, 2.45) is 11.3 Å². The van der Waals surface area contributed by atoms with Gasteiger partial charge in [-0.15, -0.1) is 0 Å². The lowest BCUT2D eigenvalue weighted by Gasteiger charge is -2.39. The second-order valence-electron chi connectivity index (χ2n) is 9.70. The first kappa shape index (κ1) is 26.2. The van der Waals surface area contributed by atoms with E-state index in [1.807, 2.05) is 0 Å². The summed E-state index contributed by atoms with van der Waals surface area (Å²) in [6.45, 7) is 2.22. The van der Waals surface area contributed by atoms with Crippen molar-refractivity contribution in [3.05, 3.63) is 81.1 Å². The molecule has 1 heterocycles. The van der Waals surface area contributed by atoms with Crippen LogP contribution in [0.1, 0.15) is 56.1 Å². The third-order valence-electron chi connectivity index (χ3n) is 7.26. The second-order valence-corrected chi connectivity index (χ2v) is 10.5. The molecular weight excluding hydrogens is 501 g/mol. The zero-order chi connectivity index (χ0) is 25.9. The normalized spacial score (nSPS) is 22.5. The number of rotatable bonds is 8. The van der Waals surface area contributed by atoms with Crippen LogP contribution in [0.4, 0.5) is 0 Å². The van der Waals surface area contributed by atoms with Crippen LogP contribution in [0.25, 0.3) is 0 Å². The van der Waals surface area contributed by atoms with E-state index >= 15 is 0 Å². The van der Waals surface area contributed by atoms with Gasteiger partial charge in [0.2, 0.25) is 0 Å². The van der Waals surface area contributed by atoms with Gasteiger partial charge in [-0.05, 0) is 73.1 Å². The van der Waals surface area contributed by atoms with Crippen LogP contribution in [0.5, 0.6) is 5.75 Å². The van der Waals surface area contributed by atoms with Gasteiger partial charge in [-0.1, -0.05) is 54.6 Å². The van der Waals surface area contributed by atoms with Crippen molar-refractivity contribution in [3.63, 3.8) is 0 Å². The molecule has 2 aliphatic carbocycles. The monoisotopic (exact) mass is 529 g/mol. The number of halogens is 2. The number of hydrogen-bond acceptors (Lipinski definition) is 4. The second kappa shape index (κ2) is 11.1. The van der Waals surface area contributed by atoms with Gasteiger partial charge in [0.1, 0.15) is 11.2 Å². The van der Waals surface area contributed by atoms with Gasteiger partial charge >= 0.3 is 11.9 Å². The van der Waals surface area contributed by atoms with Crippen LogP contribution in [-0.4, -0.2) is 33.7 Å². The number of carboxylic acid groups (broad SMARTS) is 2. The molecular formula is C28H29Cl2NO5. The Morgan fingerprint density at radius 3 is 2.56 bits per heavy atom. The predicted molar refractivity (Wildman–Crippen MR) is 139 cm³/mol. The highest BCUT2D eigenvalue weighted by Gasteiger charge is 2.50. The Morgan fingerprint density at radius 2 is 1.86 bits per heavy atom. The first-order valence-electron chi connectivity index (χ1n) is 12.1. The summed E-state index contributed by atoms with van der Waals surface area (Å²) in [4.78, 5) is 29.7. The highest BCUT2D eigenvalue weighted by Crippen LogP contribution is 2.50. The van der Waals surface area contributed by atoms with Gasteiger partial charge in [0, 0.05) is 27.7 Å². The molecule has 2 unspecified atom stereocenters. The molecule has 1 aromatic carbocycles. The van der Waals surface area contributed by atoms with Crippen LogP contribution in [-0.2, 0) is 16.0 Å². The summed E-state index contributed by atoms with van der Waals surface area (Å²) >= 11 is 12.6. The first-order valence-corrected chi connectivity index (χ1v) is 12.8. The molecule has 0 spiro atoms. The number of carboxylic acids is 2.